The van der Waals surface area contributed by atoms with E-state index < -0.39 is 5.97 Å². The third-order valence-electron chi connectivity index (χ3n) is 3.54. The van der Waals surface area contributed by atoms with Crippen LogP contribution in [0.25, 0.3) is 10.9 Å². The minimum Gasteiger partial charge on any atom is -0.465 e. The highest BCUT2D eigenvalue weighted by Crippen LogP contribution is 2.23. The molecular formula is C17H19N3O3S. The number of aromatic nitrogens is 2. The Morgan fingerprint density at radius 2 is 2.25 bits per heavy atom. The fourth-order valence-corrected chi connectivity index (χ4v) is 3.05. The second-order valence-electron chi connectivity index (χ2n) is 5.32. The number of thioether (sulfide) groups is 1. The number of carbonyl (C=O) groups excluding carboxylic acids is 1. The van der Waals surface area contributed by atoms with Crippen LogP contribution in [-0.2, 0) is 11.3 Å². The van der Waals surface area contributed by atoms with Crippen LogP contribution >= 0.6 is 11.8 Å². The summed E-state index contributed by atoms with van der Waals surface area (Å²) in [6.07, 6.45) is 1.80. The smallest absolute Gasteiger partial charge is 0.337 e. The molecule has 7 heteroatoms. The first-order chi connectivity index (χ1) is 11.5. The van der Waals surface area contributed by atoms with Crippen molar-refractivity contribution in [2.75, 3.05) is 7.11 Å². The zero-order valence-electron chi connectivity index (χ0n) is 13.9. The van der Waals surface area contributed by atoms with E-state index in [2.05, 4.69) is 11.1 Å². The molecule has 0 saturated heterocycles. The summed E-state index contributed by atoms with van der Waals surface area (Å²) in [7, 11) is 1.30. The minimum atomic E-state index is -0.478. The highest BCUT2D eigenvalue weighted by atomic mass is 32.2. The predicted molar refractivity (Wildman–Crippen MR) is 93.2 cm³/mol. The number of benzene rings is 1. The maximum Gasteiger partial charge on any atom is 0.337 e. The van der Waals surface area contributed by atoms with E-state index in [0.717, 1.165) is 12.8 Å². The van der Waals surface area contributed by atoms with Crippen LogP contribution < -0.4 is 5.56 Å². The topological polar surface area (TPSA) is 85.0 Å². The summed E-state index contributed by atoms with van der Waals surface area (Å²) >= 11 is 1.24. The van der Waals surface area contributed by atoms with Gasteiger partial charge in [0.1, 0.15) is 0 Å². The maximum atomic E-state index is 12.8. The molecule has 0 amide bonds. The zero-order chi connectivity index (χ0) is 17.7. The highest BCUT2D eigenvalue weighted by molar-refractivity contribution is 8.00. The molecule has 24 heavy (non-hydrogen) atoms. The van der Waals surface area contributed by atoms with Gasteiger partial charge in [0, 0.05) is 6.54 Å². The molecule has 0 aliphatic rings. The first-order valence-electron chi connectivity index (χ1n) is 7.71. The minimum absolute atomic E-state index is 0.155. The normalized spacial score (nSPS) is 11.9. The molecule has 0 N–H and O–H groups in total. The Hall–Kier alpha value is -2.33. The standard InChI is InChI=1S/C17H19N3O3S/c1-4-5-8-20-15(21)13-7-6-12(16(22)23-3)9-14(13)19-17(20)24-11(2)10-18/h6-7,9,11H,4-5,8H2,1-3H3/t11-/m0/s1. The number of unbranched alkanes of at least 4 members (excludes halogenated alkanes) is 1. The molecule has 2 aromatic rings. The van der Waals surface area contributed by atoms with Gasteiger partial charge in [-0.25, -0.2) is 9.78 Å². The molecule has 0 spiro atoms. The molecule has 0 fully saturated rings. The second kappa shape index (κ2) is 7.97. The number of fused-ring (bicyclic) bond motifs is 1. The maximum absolute atomic E-state index is 12.8. The highest BCUT2D eigenvalue weighted by Gasteiger charge is 2.16. The van der Waals surface area contributed by atoms with Gasteiger partial charge in [0.05, 0.1) is 34.9 Å². The average molecular weight is 345 g/mol. The molecule has 1 aromatic carbocycles. The number of nitrogens with zero attached hydrogens (tertiary/aromatic N) is 3. The Balaban J connectivity index is 2.63. The fraction of sp³-hybridized carbons (Fsp3) is 0.412. The van der Waals surface area contributed by atoms with Crippen LogP contribution in [-0.4, -0.2) is 27.9 Å². The summed E-state index contributed by atoms with van der Waals surface area (Å²) in [6.45, 7) is 4.36. The molecule has 0 radical (unpaired) electrons. The van der Waals surface area contributed by atoms with Crippen LogP contribution in [0.4, 0.5) is 0 Å². The van der Waals surface area contributed by atoms with Crippen molar-refractivity contribution in [3.05, 3.63) is 34.1 Å². The van der Waals surface area contributed by atoms with E-state index in [0.29, 0.717) is 28.2 Å². The number of ether oxygens (including phenoxy) is 1. The molecular weight excluding hydrogens is 326 g/mol. The number of hydrogen-bond acceptors (Lipinski definition) is 6. The van der Waals surface area contributed by atoms with E-state index in [4.69, 9.17) is 10.00 Å². The van der Waals surface area contributed by atoms with Gasteiger partial charge in [-0.3, -0.25) is 9.36 Å². The monoisotopic (exact) mass is 345 g/mol. The average Bonchev–Trinajstić information content (AvgIpc) is 2.60. The van der Waals surface area contributed by atoms with Gasteiger partial charge in [0.15, 0.2) is 5.16 Å². The van der Waals surface area contributed by atoms with Crippen molar-refractivity contribution < 1.29 is 9.53 Å². The number of carbonyl (C=O) groups is 1. The van der Waals surface area contributed by atoms with E-state index in [9.17, 15) is 9.59 Å². The van der Waals surface area contributed by atoms with E-state index in [1.807, 2.05) is 6.92 Å². The molecule has 0 unspecified atom stereocenters. The van der Waals surface area contributed by atoms with Crippen molar-refractivity contribution in [2.45, 2.75) is 43.6 Å². The molecule has 0 saturated carbocycles. The van der Waals surface area contributed by atoms with Crippen molar-refractivity contribution in [2.24, 2.45) is 0 Å². The molecule has 6 nitrogen and oxygen atoms in total. The van der Waals surface area contributed by atoms with Crippen LogP contribution in [0.2, 0.25) is 0 Å². The lowest BCUT2D eigenvalue weighted by molar-refractivity contribution is 0.0601. The summed E-state index contributed by atoms with van der Waals surface area (Å²) in [5, 5.41) is 9.67. The molecule has 1 atom stereocenters. The summed E-state index contributed by atoms with van der Waals surface area (Å²) in [6, 6.07) is 6.85. The molecule has 1 aromatic heterocycles. The predicted octanol–water partition coefficient (Wildman–Crippen LogP) is 2.99. The third kappa shape index (κ3) is 3.77. The zero-order valence-corrected chi connectivity index (χ0v) is 14.7. The molecule has 0 bridgehead atoms. The van der Waals surface area contributed by atoms with Crippen LogP contribution in [0, 0.1) is 11.3 Å². The van der Waals surface area contributed by atoms with Gasteiger partial charge in [-0.1, -0.05) is 25.1 Å². The lowest BCUT2D eigenvalue weighted by Gasteiger charge is -2.13. The van der Waals surface area contributed by atoms with Gasteiger partial charge in [-0.05, 0) is 31.5 Å². The molecule has 2 rings (SSSR count). The van der Waals surface area contributed by atoms with Crippen LogP contribution in [0.3, 0.4) is 0 Å². The summed E-state index contributed by atoms with van der Waals surface area (Å²) in [4.78, 5) is 29.0. The van der Waals surface area contributed by atoms with Gasteiger partial charge in [-0.2, -0.15) is 5.26 Å². The lowest BCUT2D eigenvalue weighted by atomic mass is 10.1. The quantitative estimate of drug-likeness (QED) is 0.454. The third-order valence-corrected chi connectivity index (χ3v) is 4.52. The largest absolute Gasteiger partial charge is 0.465 e. The second-order valence-corrected chi connectivity index (χ2v) is 6.63. The van der Waals surface area contributed by atoms with Crippen molar-refractivity contribution in [3.8, 4) is 6.07 Å². The van der Waals surface area contributed by atoms with Gasteiger partial charge in [0.25, 0.3) is 5.56 Å². The first-order valence-corrected chi connectivity index (χ1v) is 8.59. The van der Waals surface area contributed by atoms with Crippen LogP contribution in [0.15, 0.2) is 28.2 Å². The van der Waals surface area contributed by atoms with Crippen molar-refractivity contribution >= 4 is 28.6 Å². The number of methoxy groups -OCH3 is 1. The Kier molecular flexibility index (Phi) is 5.99. The van der Waals surface area contributed by atoms with Crippen LogP contribution in [0.5, 0.6) is 0 Å². The Morgan fingerprint density at radius 3 is 2.88 bits per heavy atom. The van der Waals surface area contributed by atoms with E-state index >= 15 is 0 Å². The number of rotatable bonds is 6. The Bertz CT molecular complexity index is 855. The Labute approximate surface area is 144 Å². The van der Waals surface area contributed by atoms with Gasteiger partial charge in [0.2, 0.25) is 0 Å². The van der Waals surface area contributed by atoms with Crippen molar-refractivity contribution in [1.29, 1.82) is 5.26 Å². The number of esters is 1. The Morgan fingerprint density at radius 1 is 1.50 bits per heavy atom. The SMILES string of the molecule is CCCCn1c(S[C@@H](C)C#N)nc2cc(C(=O)OC)ccc2c1=O. The van der Waals surface area contributed by atoms with Crippen LogP contribution in [0.1, 0.15) is 37.0 Å². The van der Waals surface area contributed by atoms with Gasteiger partial charge in [-0.15, -0.1) is 0 Å². The molecule has 1 heterocycles. The van der Waals surface area contributed by atoms with Crippen molar-refractivity contribution in [3.63, 3.8) is 0 Å². The first kappa shape index (κ1) is 18.0. The molecule has 0 aliphatic heterocycles. The van der Waals surface area contributed by atoms with E-state index in [-0.39, 0.29) is 10.8 Å². The summed E-state index contributed by atoms with van der Waals surface area (Å²) in [5.74, 6) is -0.478. The van der Waals surface area contributed by atoms with Crippen molar-refractivity contribution in [1.82, 2.24) is 9.55 Å². The van der Waals surface area contributed by atoms with E-state index in [1.54, 1.807) is 29.7 Å². The number of hydrogen-bond donors (Lipinski definition) is 0. The van der Waals surface area contributed by atoms with Gasteiger partial charge >= 0.3 is 5.97 Å². The summed E-state index contributed by atoms with van der Waals surface area (Å²) < 4.78 is 6.32. The lowest BCUT2D eigenvalue weighted by Crippen LogP contribution is -2.24. The molecule has 0 aliphatic carbocycles. The number of nitriles is 1. The molecule has 126 valence electrons. The van der Waals surface area contributed by atoms with Gasteiger partial charge < -0.3 is 4.74 Å². The fourth-order valence-electron chi connectivity index (χ4n) is 2.23. The summed E-state index contributed by atoms with van der Waals surface area (Å²) in [5.41, 5.74) is 0.619. The van der Waals surface area contributed by atoms with E-state index in [1.165, 1.54) is 18.9 Å².